The number of hydrogen-bond acceptors (Lipinski definition) is 4. The van der Waals surface area contributed by atoms with Gasteiger partial charge in [-0.1, -0.05) is 17.7 Å². The third-order valence-electron chi connectivity index (χ3n) is 2.59. The third-order valence-corrected chi connectivity index (χ3v) is 5.08. The molecule has 1 rings (SSSR count). The molecular weight excluding hydrogens is 288 g/mol. The maximum absolute atomic E-state index is 11.6. The third kappa shape index (κ3) is 4.11. The molecule has 0 saturated carbocycles. The summed E-state index contributed by atoms with van der Waals surface area (Å²) in [5, 5.41) is 7.30. The molecule has 0 amide bonds. The molecular formula is C12H17ClN2O3S. The number of nitrogens with one attached hydrogen (secondary N) is 1. The van der Waals surface area contributed by atoms with E-state index in [9.17, 15) is 8.42 Å². The first-order valence-corrected chi connectivity index (χ1v) is 7.82. The van der Waals surface area contributed by atoms with Crippen molar-refractivity contribution in [3.05, 3.63) is 28.8 Å². The second-order valence-corrected chi connectivity index (χ2v) is 7.37. The lowest BCUT2D eigenvalue weighted by molar-refractivity contribution is 0.340. The van der Waals surface area contributed by atoms with Crippen LogP contribution in [0.25, 0.3) is 0 Å². The van der Waals surface area contributed by atoms with Crippen molar-refractivity contribution in [2.75, 3.05) is 12.4 Å². The Morgan fingerprint density at radius 3 is 2.63 bits per heavy atom. The summed E-state index contributed by atoms with van der Waals surface area (Å²) in [5.41, 5.74) is 5.71. The van der Waals surface area contributed by atoms with E-state index in [1.165, 1.54) is 0 Å². The topological polar surface area (TPSA) is 93.2 Å². The van der Waals surface area contributed by atoms with Crippen molar-refractivity contribution < 1.29 is 13.2 Å². The van der Waals surface area contributed by atoms with Gasteiger partial charge in [-0.2, -0.15) is 0 Å². The Hall–Kier alpha value is -1.27. The zero-order valence-electron chi connectivity index (χ0n) is 10.8. The number of ether oxygens (including phenoxy) is 1. The largest absolute Gasteiger partial charge is 0.492 e. The zero-order chi connectivity index (χ0) is 14.6. The summed E-state index contributed by atoms with van der Waals surface area (Å²) in [7, 11) is -3.15. The first-order valence-electron chi connectivity index (χ1n) is 5.73. The zero-order valence-corrected chi connectivity index (χ0v) is 12.4. The van der Waals surface area contributed by atoms with Gasteiger partial charge in [-0.3, -0.25) is 5.41 Å². The monoisotopic (exact) mass is 304 g/mol. The minimum absolute atomic E-state index is 0.00113. The van der Waals surface area contributed by atoms with Crippen LogP contribution in [-0.4, -0.2) is 31.9 Å². The van der Waals surface area contributed by atoms with Crippen molar-refractivity contribution in [2.45, 2.75) is 19.1 Å². The van der Waals surface area contributed by atoms with Gasteiger partial charge in [0.25, 0.3) is 0 Å². The molecule has 3 N–H and O–H groups in total. The number of nitrogen functional groups attached to an aromatic ring is 1. The van der Waals surface area contributed by atoms with E-state index in [4.69, 9.17) is 27.5 Å². The standard InChI is InChI=1S/C12H17ClN2O3S/c1-8(2)19(16,17)7-6-18-10-5-3-4-9(13)11(10)12(14)15/h3-5,8H,6-7H2,1-2H3,(H3,14,15). The fraction of sp³-hybridized carbons (Fsp3) is 0.417. The fourth-order valence-corrected chi connectivity index (χ4v) is 2.44. The van der Waals surface area contributed by atoms with Crippen LogP contribution in [0.4, 0.5) is 0 Å². The first-order chi connectivity index (χ1) is 8.75. The van der Waals surface area contributed by atoms with Gasteiger partial charge in [-0.25, -0.2) is 8.42 Å². The number of amidine groups is 1. The maximum Gasteiger partial charge on any atom is 0.155 e. The van der Waals surface area contributed by atoms with E-state index in [1.54, 1.807) is 32.0 Å². The highest BCUT2D eigenvalue weighted by molar-refractivity contribution is 7.91. The Labute approximate surface area is 118 Å². The van der Waals surface area contributed by atoms with Gasteiger partial charge in [0.1, 0.15) is 18.2 Å². The summed E-state index contributed by atoms with van der Waals surface area (Å²) in [6.45, 7) is 3.24. The van der Waals surface area contributed by atoms with Crippen LogP contribution in [-0.2, 0) is 9.84 Å². The van der Waals surface area contributed by atoms with Crippen LogP contribution < -0.4 is 10.5 Å². The molecule has 0 saturated heterocycles. The second kappa shape index (κ2) is 6.25. The molecule has 0 aromatic heterocycles. The number of halogens is 1. The fourth-order valence-electron chi connectivity index (χ4n) is 1.39. The van der Waals surface area contributed by atoms with Crippen molar-refractivity contribution in [1.82, 2.24) is 0 Å². The molecule has 0 aliphatic heterocycles. The Bertz CT molecular complexity index is 570. The van der Waals surface area contributed by atoms with E-state index < -0.39 is 15.1 Å². The van der Waals surface area contributed by atoms with E-state index in [1.807, 2.05) is 0 Å². The van der Waals surface area contributed by atoms with Crippen molar-refractivity contribution in [1.29, 1.82) is 5.41 Å². The Kier molecular flexibility index (Phi) is 5.20. The number of benzene rings is 1. The molecule has 0 fully saturated rings. The number of rotatable bonds is 6. The van der Waals surface area contributed by atoms with Crippen LogP contribution in [0.2, 0.25) is 5.02 Å². The van der Waals surface area contributed by atoms with Crippen LogP contribution in [0.1, 0.15) is 19.4 Å². The molecule has 0 radical (unpaired) electrons. The molecule has 0 atom stereocenters. The van der Waals surface area contributed by atoms with Gasteiger partial charge in [-0.05, 0) is 26.0 Å². The van der Waals surface area contributed by atoms with E-state index in [0.29, 0.717) is 10.8 Å². The van der Waals surface area contributed by atoms with Crippen LogP contribution in [0.3, 0.4) is 0 Å². The average Bonchev–Trinajstić information content (AvgIpc) is 2.27. The smallest absolute Gasteiger partial charge is 0.155 e. The molecule has 1 aromatic carbocycles. The van der Waals surface area contributed by atoms with Gasteiger partial charge in [-0.15, -0.1) is 0 Å². The highest BCUT2D eigenvalue weighted by Gasteiger charge is 2.17. The van der Waals surface area contributed by atoms with Gasteiger partial charge in [0.05, 0.1) is 21.6 Å². The molecule has 0 aliphatic carbocycles. The minimum atomic E-state index is -3.15. The molecule has 1 aromatic rings. The van der Waals surface area contributed by atoms with Gasteiger partial charge in [0.15, 0.2) is 9.84 Å². The number of sulfone groups is 1. The summed E-state index contributed by atoms with van der Waals surface area (Å²) in [5.74, 6) is 0.0143. The molecule has 7 heteroatoms. The molecule has 0 unspecified atom stereocenters. The van der Waals surface area contributed by atoms with Gasteiger partial charge < -0.3 is 10.5 Å². The summed E-state index contributed by atoms with van der Waals surface area (Å²) >= 11 is 5.92. The van der Waals surface area contributed by atoms with Crippen molar-refractivity contribution in [3.8, 4) is 5.75 Å². The highest BCUT2D eigenvalue weighted by atomic mass is 35.5. The lowest BCUT2D eigenvalue weighted by atomic mass is 10.2. The van der Waals surface area contributed by atoms with E-state index in [-0.39, 0.29) is 23.8 Å². The number of nitrogens with two attached hydrogens (primary N) is 1. The van der Waals surface area contributed by atoms with Crippen molar-refractivity contribution in [2.24, 2.45) is 5.73 Å². The maximum atomic E-state index is 11.6. The number of hydrogen-bond donors (Lipinski definition) is 2. The molecule has 0 bridgehead atoms. The Balaban J connectivity index is 2.80. The Morgan fingerprint density at radius 1 is 1.47 bits per heavy atom. The Morgan fingerprint density at radius 2 is 2.11 bits per heavy atom. The van der Waals surface area contributed by atoms with Crippen LogP contribution in [0, 0.1) is 5.41 Å². The van der Waals surface area contributed by atoms with Crippen LogP contribution >= 0.6 is 11.6 Å². The summed E-state index contributed by atoms with van der Waals surface area (Å²) in [6, 6.07) is 4.85. The van der Waals surface area contributed by atoms with Crippen molar-refractivity contribution in [3.63, 3.8) is 0 Å². The molecule has 106 valence electrons. The van der Waals surface area contributed by atoms with Gasteiger partial charge >= 0.3 is 0 Å². The van der Waals surface area contributed by atoms with Crippen LogP contribution in [0.5, 0.6) is 5.75 Å². The highest BCUT2D eigenvalue weighted by Crippen LogP contribution is 2.25. The van der Waals surface area contributed by atoms with E-state index in [0.717, 1.165) is 0 Å². The van der Waals surface area contributed by atoms with Crippen LogP contribution in [0.15, 0.2) is 18.2 Å². The van der Waals surface area contributed by atoms with E-state index in [2.05, 4.69) is 0 Å². The molecule has 0 heterocycles. The molecule has 0 spiro atoms. The van der Waals surface area contributed by atoms with Crippen molar-refractivity contribution >= 4 is 27.3 Å². The minimum Gasteiger partial charge on any atom is -0.492 e. The lowest BCUT2D eigenvalue weighted by Crippen LogP contribution is -2.22. The first kappa shape index (κ1) is 15.8. The quantitative estimate of drug-likeness (QED) is 0.619. The van der Waals surface area contributed by atoms with Gasteiger partial charge in [0.2, 0.25) is 0 Å². The molecule has 5 nitrogen and oxygen atoms in total. The SMILES string of the molecule is CC(C)S(=O)(=O)CCOc1cccc(Cl)c1C(=N)N. The summed E-state index contributed by atoms with van der Waals surface area (Å²) < 4.78 is 28.6. The van der Waals surface area contributed by atoms with E-state index >= 15 is 0 Å². The van der Waals surface area contributed by atoms with Gasteiger partial charge in [0, 0.05) is 0 Å². The lowest BCUT2D eigenvalue weighted by Gasteiger charge is -2.13. The predicted molar refractivity (Wildman–Crippen MR) is 76.9 cm³/mol. The second-order valence-electron chi connectivity index (χ2n) is 4.29. The molecule has 0 aliphatic rings. The molecule has 19 heavy (non-hydrogen) atoms. The summed E-state index contributed by atoms with van der Waals surface area (Å²) in [6.07, 6.45) is 0. The predicted octanol–water partition coefficient (Wildman–Crippen LogP) is 1.83. The summed E-state index contributed by atoms with van der Waals surface area (Å²) in [4.78, 5) is 0. The average molecular weight is 305 g/mol. The normalized spacial score (nSPS) is 11.6.